The van der Waals surface area contributed by atoms with Crippen molar-refractivity contribution in [2.45, 2.75) is 43.9 Å². The zero-order chi connectivity index (χ0) is 13.0. The quantitative estimate of drug-likeness (QED) is 0.659. The van der Waals surface area contributed by atoms with E-state index in [4.69, 9.17) is 4.74 Å². The molecule has 1 aliphatic carbocycles. The Labute approximate surface area is 114 Å². The van der Waals surface area contributed by atoms with Gasteiger partial charge in [-0.05, 0) is 43.4 Å². The van der Waals surface area contributed by atoms with E-state index >= 15 is 0 Å². The summed E-state index contributed by atoms with van der Waals surface area (Å²) < 4.78 is 5.43. The van der Waals surface area contributed by atoms with Crippen LogP contribution in [0.3, 0.4) is 0 Å². The van der Waals surface area contributed by atoms with Crippen LogP contribution in [0.25, 0.3) is 0 Å². The van der Waals surface area contributed by atoms with Crippen LogP contribution in [0.15, 0.2) is 23.1 Å². The predicted molar refractivity (Wildman–Crippen MR) is 75.3 cm³/mol. The fraction of sp³-hybridized carbons (Fsp3) is 0.533. The summed E-state index contributed by atoms with van der Waals surface area (Å²) in [4.78, 5) is 12.8. The Hall–Kier alpha value is -0.960. The highest BCUT2D eigenvalue weighted by Gasteiger charge is 2.17. The summed E-state index contributed by atoms with van der Waals surface area (Å²) >= 11 is 4.26. The number of thiol groups is 1. The van der Waals surface area contributed by atoms with Gasteiger partial charge in [-0.2, -0.15) is 0 Å². The molecular formula is C15H20O2S. The first-order valence-corrected chi connectivity index (χ1v) is 7.08. The second-order valence-electron chi connectivity index (χ2n) is 5.10. The van der Waals surface area contributed by atoms with Gasteiger partial charge in [-0.1, -0.05) is 25.3 Å². The van der Waals surface area contributed by atoms with E-state index in [-0.39, 0.29) is 5.97 Å². The monoisotopic (exact) mass is 264 g/mol. The normalized spacial score (nSPS) is 16.6. The number of benzene rings is 1. The minimum Gasteiger partial charge on any atom is -0.462 e. The molecule has 3 heteroatoms. The van der Waals surface area contributed by atoms with Crippen LogP contribution in [-0.2, 0) is 4.74 Å². The van der Waals surface area contributed by atoms with E-state index in [1.807, 2.05) is 19.1 Å². The summed E-state index contributed by atoms with van der Waals surface area (Å²) in [7, 11) is 0. The van der Waals surface area contributed by atoms with Crippen molar-refractivity contribution in [1.82, 2.24) is 0 Å². The molecule has 0 spiro atoms. The fourth-order valence-corrected chi connectivity index (χ4v) is 2.66. The maximum atomic E-state index is 12.0. The van der Waals surface area contributed by atoms with E-state index in [2.05, 4.69) is 12.6 Å². The zero-order valence-electron chi connectivity index (χ0n) is 10.8. The second-order valence-corrected chi connectivity index (χ2v) is 5.62. The smallest absolute Gasteiger partial charge is 0.338 e. The SMILES string of the molecule is Cc1ccc(S)cc1C(=O)OCC1CCCCC1. The van der Waals surface area contributed by atoms with Crippen LogP contribution in [0.4, 0.5) is 0 Å². The standard InChI is InChI=1S/C15H20O2S/c1-11-7-8-13(18)9-14(11)15(16)17-10-12-5-3-2-4-6-12/h7-9,12,18H,2-6,10H2,1H3. The first-order chi connectivity index (χ1) is 8.66. The number of aryl methyl sites for hydroxylation is 1. The minimum atomic E-state index is -0.214. The van der Waals surface area contributed by atoms with Gasteiger partial charge in [0.05, 0.1) is 12.2 Å². The van der Waals surface area contributed by atoms with Crippen molar-refractivity contribution in [3.05, 3.63) is 29.3 Å². The zero-order valence-corrected chi connectivity index (χ0v) is 11.7. The maximum absolute atomic E-state index is 12.0. The third-order valence-electron chi connectivity index (χ3n) is 3.62. The lowest BCUT2D eigenvalue weighted by Gasteiger charge is -2.21. The van der Waals surface area contributed by atoms with Crippen molar-refractivity contribution in [1.29, 1.82) is 0 Å². The molecule has 1 aromatic carbocycles. The van der Waals surface area contributed by atoms with Crippen LogP contribution in [0.5, 0.6) is 0 Å². The molecule has 0 bridgehead atoms. The van der Waals surface area contributed by atoms with Gasteiger partial charge in [-0.3, -0.25) is 0 Å². The molecule has 0 heterocycles. The number of carbonyl (C=O) groups is 1. The summed E-state index contributed by atoms with van der Waals surface area (Å²) in [6, 6.07) is 5.57. The predicted octanol–water partition coefficient (Wildman–Crippen LogP) is 4.02. The third-order valence-corrected chi connectivity index (χ3v) is 3.89. The molecule has 0 N–H and O–H groups in total. The van der Waals surface area contributed by atoms with Crippen LogP contribution >= 0.6 is 12.6 Å². The molecule has 1 saturated carbocycles. The van der Waals surface area contributed by atoms with Gasteiger partial charge in [-0.15, -0.1) is 12.6 Å². The van der Waals surface area contributed by atoms with Crippen molar-refractivity contribution in [3.63, 3.8) is 0 Å². The summed E-state index contributed by atoms with van der Waals surface area (Å²) in [5.41, 5.74) is 1.58. The molecule has 0 radical (unpaired) electrons. The Bertz CT molecular complexity index is 423. The molecule has 1 aromatic rings. The number of hydrogen-bond donors (Lipinski definition) is 1. The Balaban J connectivity index is 1.92. The molecule has 0 atom stereocenters. The lowest BCUT2D eigenvalue weighted by Crippen LogP contribution is -2.17. The summed E-state index contributed by atoms with van der Waals surface area (Å²) in [5.74, 6) is 0.344. The summed E-state index contributed by atoms with van der Waals surface area (Å²) in [5, 5.41) is 0. The van der Waals surface area contributed by atoms with E-state index in [0.717, 1.165) is 10.5 Å². The average molecular weight is 264 g/mol. The van der Waals surface area contributed by atoms with E-state index in [9.17, 15) is 4.79 Å². The van der Waals surface area contributed by atoms with Gasteiger partial charge in [0.2, 0.25) is 0 Å². The lowest BCUT2D eigenvalue weighted by atomic mass is 9.90. The molecule has 98 valence electrons. The van der Waals surface area contributed by atoms with Crippen molar-refractivity contribution >= 4 is 18.6 Å². The molecule has 18 heavy (non-hydrogen) atoms. The van der Waals surface area contributed by atoms with Gasteiger partial charge in [0.1, 0.15) is 0 Å². The van der Waals surface area contributed by atoms with E-state index < -0.39 is 0 Å². The Morgan fingerprint density at radius 2 is 2.06 bits per heavy atom. The molecule has 0 aromatic heterocycles. The van der Waals surface area contributed by atoms with E-state index in [1.54, 1.807) is 6.07 Å². The van der Waals surface area contributed by atoms with Gasteiger partial charge < -0.3 is 4.74 Å². The lowest BCUT2D eigenvalue weighted by molar-refractivity contribution is 0.0409. The van der Waals surface area contributed by atoms with E-state index in [0.29, 0.717) is 18.1 Å². The number of esters is 1. The molecule has 2 nitrogen and oxygen atoms in total. The Kier molecular flexibility index (Phi) is 4.70. The molecule has 1 aliphatic rings. The highest BCUT2D eigenvalue weighted by atomic mass is 32.1. The highest BCUT2D eigenvalue weighted by molar-refractivity contribution is 7.80. The Morgan fingerprint density at radius 3 is 2.78 bits per heavy atom. The van der Waals surface area contributed by atoms with Gasteiger partial charge in [0, 0.05) is 4.90 Å². The molecule has 1 fully saturated rings. The van der Waals surface area contributed by atoms with Gasteiger partial charge >= 0.3 is 5.97 Å². The highest BCUT2D eigenvalue weighted by Crippen LogP contribution is 2.24. The molecule has 0 unspecified atom stereocenters. The number of ether oxygens (including phenoxy) is 1. The van der Waals surface area contributed by atoms with Gasteiger partial charge in [0.15, 0.2) is 0 Å². The number of rotatable bonds is 3. The molecule has 0 saturated heterocycles. The first kappa shape index (κ1) is 13.5. The van der Waals surface area contributed by atoms with Crippen molar-refractivity contribution in [2.24, 2.45) is 5.92 Å². The van der Waals surface area contributed by atoms with E-state index in [1.165, 1.54) is 32.1 Å². The fourth-order valence-electron chi connectivity index (χ4n) is 2.45. The average Bonchev–Trinajstić information content (AvgIpc) is 2.40. The van der Waals surface area contributed by atoms with Crippen LogP contribution in [0.2, 0.25) is 0 Å². The molecule has 2 rings (SSSR count). The molecule has 0 amide bonds. The van der Waals surface area contributed by atoms with Crippen LogP contribution in [0.1, 0.15) is 48.0 Å². The summed E-state index contributed by atoms with van der Waals surface area (Å²) in [6.45, 7) is 2.49. The first-order valence-electron chi connectivity index (χ1n) is 6.63. The van der Waals surface area contributed by atoms with Crippen molar-refractivity contribution in [3.8, 4) is 0 Å². The number of hydrogen-bond acceptors (Lipinski definition) is 3. The number of carbonyl (C=O) groups excluding carboxylic acids is 1. The maximum Gasteiger partial charge on any atom is 0.338 e. The van der Waals surface area contributed by atoms with Crippen molar-refractivity contribution < 1.29 is 9.53 Å². The van der Waals surface area contributed by atoms with Crippen LogP contribution in [0, 0.1) is 12.8 Å². The third kappa shape index (κ3) is 3.52. The topological polar surface area (TPSA) is 26.3 Å². The Morgan fingerprint density at radius 1 is 1.33 bits per heavy atom. The van der Waals surface area contributed by atoms with Crippen LogP contribution < -0.4 is 0 Å². The van der Waals surface area contributed by atoms with Gasteiger partial charge in [0.25, 0.3) is 0 Å². The largest absolute Gasteiger partial charge is 0.462 e. The second kappa shape index (κ2) is 6.28. The summed E-state index contributed by atoms with van der Waals surface area (Å²) in [6.07, 6.45) is 6.25. The van der Waals surface area contributed by atoms with Crippen molar-refractivity contribution in [2.75, 3.05) is 6.61 Å². The molecule has 0 aliphatic heterocycles. The molecular weight excluding hydrogens is 244 g/mol. The van der Waals surface area contributed by atoms with Gasteiger partial charge in [-0.25, -0.2) is 4.79 Å². The van der Waals surface area contributed by atoms with Crippen LogP contribution in [-0.4, -0.2) is 12.6 Å². The minimum absolute atomic E-state index is 0.214.